The van der Waals surface area contributed by atoms with Crippen molar-refractivity contribution in [2.75, 3.05) is 13.6 Å². The largest absolute Gasteiger partial charge is 0.323 e. The number of carbonyl (C=O) groups excluding carboxylic acids is 1. The van der Waals surface area contributed by atoms with Crippen molar-refractivity contribution in [3.05, 3.63) is 0 Å². The molecule has 1 aliphatic heterocycles. The average molecular weight is 343 g/mol. The van der Waals surface area contributed by atoms with Gasteiger partial charge in [0.05, 0.1) is 17.3 Å². The Kier molecular flexibility index (Phi) is 4.16. The van der Waals surface area contributed by atoms with Crippen molar-refractivity contribution in [1.82, 2.24) is 14.5 Å². The lowest BCUT2D eigenvalue weighted by Crippen LogP contribution is -2.49. The van der Waals surface area contributed by atoms with Crippen LogP contribution in [0.2, 0.25) is 0 Å². The summed E-state index contributed by atoms with van der Waals surface area (Å²) in [4.78, 5) is 16.2. The van der Waals surface area contributed by atoms with Crippen LogP contribution in [-0.4, -0.2) is 60.7 Å². The zero-order valence-corrected chi connectivity index (χ0v) is 15.4. The predicted octanol–water partition coefficient (Wildman–Crippen LogP) is 1.77. The lowest BCUT2D eigenvalue weighted by Gasteiger charge is -2.36. The normalized spacial score (nSPS) is 33.3. The van der Waals surface area contributed by atoms with Crippen LogP contribution >= 0.6 is 0 Å². The lowest BCUT2D eigenvalue weighted by molar-refractivity contribution is 0.180. The molecule has 2 amide bonds. The van der Waals surface area contributed by atoms with Crippen LogP contribution in [0.25, 0.3) is 0 Å². The van der Waals surface area contributed by atoms with Crippen molar-refractivity contribution in [2.24, 2.45) is 5.92 Å². The molecule has 0 aromatic heterocycles. The van der Waals surface area contributed by atoms with Gasteiger partial charge in [-0.05, 0) is 44.9 Å². The minimum atomic E-state index is -3.31. The van der Waals surface area contributed by atoms with Gasteiger partial charge in [0.1, 0.15) is 0 Å². The highest BCUT2D eigenvalue weighted by Crippen LogP contribution is 2.39. The molecule has 7 heteroatoms. The Balaban J connectivity index is 1.72. The summed E-state index contributed by atoms with van der Waals surface area (Å²) < 4.78 is 28.2. The van der Waals surface area contributed by atoms with E-state index in [0.717, 1.165) is 25.8 Å². The van der Waals surface area contributed by atoms with E-state index in [0.29, 0.717) is 18.8 Å². The van der Waals surface area contributed by atoms with Crippen molar-refractivity contribution in [1.29, 1.82) is 0 Å². The van der Waals surface area contributed by atoms with Gasteiger partial charge in [0.15, 0.2) is 0 Å². The fourth-order valence-electron chi connectivity index (χ4n) is 3.96. The second-order valence-corrected chi connectivity index (χ2v) is 10.2. The highest BCUT2D eigenvalue weighted by molar-refractivity contribution is 7.90. The minimum Gasteiger partial charge on any atom is -0.323 e. The molecule has 2 aliphatic carbocycles. The minimum absolute atomic E-state index is 0.0172. The second kappa shape index (κ2) is 5.62. The van der Waals surface area contributed by atoms with Crippen LogP contribution in [0.5, 0.6) is 0 Å². The third-order valence-electron chi connectivity index (χ3n) is 5.57. The smallest absolute Gasteiger partial charge is 0.320 e. The summed E-state index contributed by atoms with van der Waals surface area (Å²) in [7, 11) is -1.49. The van der Waals surface area contributed by atoms with E-state index in [-0.39, 0.29) is 28.9 Å². The van der Waals surface area contributed by atoms with Crippen LogP contribution in [0, 0.1) is 5.92 Å². The van der Waals surface area contributed by atoms with Gasteiger partial charge in [-0.25, -0.2) is 17.9 Å². The number of nitrogens with one attached hydrogen (secondary N) is 1. The fourth-order valence-corrected chi connectivity index (χ4v) is 5.92. The molecule has 0 aromatic rings. The van der Waals surface area contributed by atoms with Gasteiger partial charge in [-0.3, -0.25) is 0 Å². The van der Waals surface area contributed by atoms with Gasteiger partial charge in [0, 0.05) is 19.1 Å². The molecule has 0 bridgehead atoms. The molecule has 0 radical (unpaired) electrons. The van der Waals surface area contributed by atoms with Gasteiger partial charge in [-0.1, -0.05) is 13.8 Å². The summed E-state index contributed by atoms with van der Waals surface area (Å²) in [5, 5.41) is -0.379. The van der Waals surface area contributed by atoms with Crippen LogP contribution in [0.4, 0.5) is 4.79 Å². The van der Waals surface area contributed by atoms with Crippen LogP contribution in [0.1, 0.15) is 52.9 Å². The maximum atomic E-state index is 12.6. The molecular weight excluding hydrogens is 314 g/mol. The molecule has 132 valence electrons. The number of carbonyl (C=O) groups is 1. The first kappa shape index (κ1) is 17.0. The third-order valence-corrected chi connectivity index (χ3v) is 7.65. The van der Waals surface area contributed by atoms with Crippen molar-refractivity contribution >= 4 is 16.1 Å². The molecule has 23 heavy (non-hydrogen) atoms. The lowest BCUT2D eigenvalue weighted by atomic mass is 9.89. The SMILES string of the molecule is CC(C)CN1C(=O)N(C)C2CC(S(=O)(=O)NC3(C)CC3)CCC21. The van der Waals surface area contributed by atoms with Gasteiger partial charge in [-0.2, -0.15) is 0 Å². The van der Waals surface area contributed by atoms with Gasteiger partial charge in [0.25, 0.3) is 0 Å². The Morgan fingerprint density at radius 3 is 2.48 bits per heavy atom. The van der Waals surface area contributed by atoms with Crippen LogP contribution in [0.15, 0.2) is 0 Å². The summed E-state index contributed by atoms with van der Waals surface area (Å²) in [5.41, 5.74) is -0.225. The highest BCUT2D eigenvalue weighted by atomic mass is 32.2. The molecule has 6 nitrogen and oxygen atoms in total. The molecule has 0 aromatic carbocycles. The van der Waals surface area contributed by atoms with E-state index in [9.17, 15) is 13.2 Å². The van der Waals surface area contributed by atoms with Gasteiger partial charge >= 0.3 is 6.03 Å². The first-order valence-electron chi connectivity index (χ1n) is 8.69. The zero-order chi connectivity index (χ0) is 17.0. The number of nitrogens with zero attached hydrogens (tertiary/aromatic N) is 2. The topological polar surface area (TPSA) is 69.7 Å². The van der Waals surface area contributed by atoms with E-state index in [1.165, 1.54) is 0 Å². The summed E-state index contributed by atoms with van der Waals surface area (Å²) in [6, 6.07) is 0.232. The number of rotatable bonds is 5. The molecule has 3 aliphatic rings. The van der Waals surface area contributed by atoms with Gasteiger partial charge in [0.2, 0.25) is 10.0 Å². The maximum Gasteiger partial charge on any atom is 0.320 e. The molecule has 1 saturated heterocycles. The van der Waals surface area contributed by atoms with E-state index >= 15 is 0 Å². The Morgan fingerprint density at radius 2 is 1.91 bits per heavy atom. The molecule has 0 spiro atoms. The molecule has 3 fully saturated rings. The highest BCUT2D eigenvalue weighted by Gasteiger charge is 2.50. The van der Waals surface area contributed by atoms with Crippen molar-refractivity contribution in [2.45, 2.75) is 75.7 Å². The Labute approximate surface area is 139 Å². The molecule has 3 unspecified atom stereocenters. The first-order valence-corrected chi connectivity index (χ1v) is 10.2. The van der Waals surface area contributed by atoms with E-state index in [4.69, 9.17) is 0 Å². The number of likely N-dealkylation sites (N-methyl/N-ethyl adjacent to an activating group) is 1. The average Bonchev–Trinajstić information content (AvgIpc) is 3.13. The predicted molar refractivity (Wildman–Crippen MR) is 89.6 cm³/mol. The third kappa shape index (κ3) is 3.22. The number of hydrogen-bond donors (Lipinski definition) is 1. The van der Waals surface area contributed by atoms with Crippen molar-refractivity contribution in [3.8, 4) is 0 Å². The second-order valence-electron chi connectivity index (χ2n) is 8.22. The van der Waals surface area contributed by atoms with Crippen molar-refractivity contribution < 1.29 is 13.2 Å². The number of hydrogen-bond acceptors (Lipinski definition) is 3. The van der Waals surface area contributed by atoms with Crippen LogP contribution in [0.3, 0.4) is 0 Å². The first-order chi connectivity index (χ1) is 10.6. The molecule has 1 N–H and O–H groups in total. The van der Waals surface area contributed by atoms with Gasteiger partial charge in [-0.15, -0.1) is 0 Å². The van der Waals surface area contributed by atoms with Crippen molar-refractivity contribution in [3.63, 3.8) is 0 Å². The monoisotopic (exact) mass is 343 g/mol. The quantitative estimate of drug-likeness (QED) is 0.827. The number of fused-ring (bicyclic) bond motifs is 1. The molecule has 1 heterocycles. The number of sulfonamides is 1. The van der Waals surface area contributed by atoms with E-state index in [1.807, 2.05) is 18.9 Å². The standard InChI is InChI=1S/C16H29N3O3S/c1-11(2)10-19-13-6-5-12(9-14(13)18(4)15(19)20)23(21,22)17-16(3)7-8-16/h11-14,17H,5-10H2,1-4H3. The molecular formula is C16H29N3O3S. The van der Waals surface area contributed by atoms with Gasteiger partial charge < -0.3 is 9.80 Å². The number of urea groups is 1. The van der Waals surface area contributed by atoms with E-state index < -0.39 is 10.0 Å². The molecule has 3 rings (SSSR count). The Bertz CT molecular complexity index is 585. The maximum absolute atomic E-state index is 12.6. The molecule has 2 saturated carbocycles. The van der Waals surface area contributed by atoms with E-state index in [2.05, 4.69) is 18.6 Å². The van der Waals surface area contributed by atoms with E-state index in [1.54, 1.807) is 4.90 Å². The number of amides is 2. The summed E-state index contributed by atoms with van der Waals surface area (Å²) in [6.07, 6.45) is 3.81. The van der Waals surface area contributed by atoms with Crippen LogP contribution < -0.4 is 4.72 Å². The molecule has 3 atom stereocenters. The Morgan fingerprint density at radius 1 is 1.26 bits per heavy atom. The summed E-state index contributed by atoms with van der Waals surface area (Å²) in [5.74, 6) is 0.420. The summed E-state index contributed by atoms with van der Waals surface area (Å²) >= 11 is 0. The Hall–Kier alpha value is -0.820. The summed E-state index contributed by atoms with van der Waals surface area (Å²) in [6.45, 7) is 6.93. The zero-order valence-electron chi connectivity index (χ0n) is 14.6. The van der Waals surface area contributed by atoms with Crippen LogP contribution in [-0.2, 0) is 10.0 Å². The fraction of sp³-hybridized carbons (Fsp3) is 0.938.